The molecule has 0 atom stereocenters. The van der Waals surface area contributed by atoms with Gasteiger partial charge in [-0.1, -0.05) is 29.8 Å². The first-order chi connectivity index (χ1) is 16.4. The SMILES string of the molecule is COc1ccc(OC)c(NC(=O)COC(=O)c2ccc(OCc3ccccc3Cl)c(OC)c2)c1. The van der Waals surface area contributed by atoms with Crippen LogP contribution in [0.2, 0.25) is 5.02 Å². The molecule has 0 aliphatic rings. The fourth-order valence-electron chi connectivity index (χ4n) is 3.00. The molecule has 0 saturated carbocycles. The fraction of sp³-hybridized carbons (Fsp3) is 0.200. The molecule has 34 heavy (non-hydrogen) atoms. The Hall–Kier alpha value is -3.91. The maximum atomic E-state index is 12.5. The summed E-state index contributed by atoms with van der Waals surface area (Å²) in [6.45, 7) is -0.264. The zero-order chi connectivity index (χ0) is 24.5. The molecule has 0 fully saturated rings. The Kier molecular flexibility index (Phi) is 8.59. The van der Waals surface area contributed by atoms with Crippen molar-refractivity contribution in [1.82, 2.24) is 0 Å². The van der Waals surface area contributed by atoms with Crippen molar-refractivity contribution < 1.29 is 33.3 Å². The molecule has 3 rings (SSSR count). The van der Waals surface area contributed by atoms with Crippen molar-refractivity contribution in [2.75, 3.05) is 33.3 Å². The van der Waals surface area contributed by atoms with Crippen LogP contribution in [0.25, 0.3) is 0 Å². The number of hydrogen-bond acceptors (Lipinski definition) is 7. The van der Waals surface area contributed by atoms with E-state index in [1.54, 1.807) is 30.3 Å². The monoisotopic (exact) mass is 485 g/mol. The highest BCUT2D eigenvalue weighted by atomic mass is 35.5. The number of hydrogen-bond donors (Lipinski definition) is 1. The first-order valence-electron chi connectivity index (χ1n) is 10.2. The van der Waals surface area contributed by atoms with E-state index in [0.717, 1.165) is 5.56 Å². The van der Waals surface area contributed by atoms with Crippen LogP contribution in [0.5, 0.6) is 23.0 Å². The van der Waals surface area contributed by atoms with Crippen molar-refractivity contribution in [2.45, 2.75) is 6.61 Å². The molecule has 0 bridgehead atoms. The Morgan fingerprint density at radius 2 is 1.59 bits per heavy atom. The number of nitrogens with one attached hydrogen (secondary N) is 1. The minimum atomic E-state index is -0.691. The van der Waals surface area contributed by atoms with Crippen molar-refractivity contribution in [3.63, 3.8) is 0 Å². The van der Waals surface area contributed by atoms with Gasteiger partial charge in [-0.2, -0.15) is 0 Å². The van der Waals surface area contributed by atoms with Crippen LogP contribution in [-0.4, -0.2) is 39.8 Å². The second-order valence-corrected chi connectivity index (χ2v) is 7.34. The molecule has 0 aromatic heterocycles. The third-order valence-electron chi connectivity index (χ3n) is 4.76. The van der Waals surface area contributed by atoms with Gasteiger partial charge in [0.15, 0.2) is 18.1 Å². The molecular weight excluding hydrogens is 462 g/mol. The summed E-state index contributed by atoms with van der Waals surface area (Å²) in [4.78, 5) is 24.8. The highest BCUT2D eigenvalue weighted by Crippen LogP contribution is 2.30. The van der Waals surface area contributed by atoms with Crippen LogP contribution in [0.15, 0.2) is 60.7 Å². The molecule has 8 nitrogen and oxygen atoms in total. The summed E-state index contributed by atoms with van der Waals surface area (Å²) in [5, 5.41) is 3.22. The van der Waals surface area contributed by atoms with Crippen molar-refractivity contribution in [3.8, 4) is 23.0 Å². The Morgan fingerprint density at radius 3 is 2.29 bits per heavy atom. The number of ether oxygens (including phenoxy) is 5. The van der Waals surface area contributed by atoms with Gasteiger partial charge in [0.1, 0.15) is 18.1 Å². The molecule has 178 valence electrons. The average molecular weight is 486 g/mol. The Morgan fingerprint density at radius 1 is 0.853 bits per heavy atom. The number of carbonyl (C=O) groups is 2. The number of halogens is 1. The van der Waals surface area contributed by atoms with Crippen LogP contribution in [0.1, 0.15) is 15.9 Å². The van der Waals surface area contributed by atoms with E-state index in [2.05, 4.69) is 5.32 Å². The molecule has 1 amide bonds. The van der Waals surface area contributed by atoms with Gasteiger partial charge in [0.2, 0.25) is 0 Å². The number of methoxy groups -OCH3 is 3. The van der Waals surface area contributed by atoms with E-state index in [9.17, 15) is 9.59 Å². The van der Waals surface area contributed by atoms with Gasteiger partial charge in [0.25, 0.3) is 5.91 Å². The minimum absolute atomic E-state index is 0.203. The van der Waals surface area contributed by atoms with Crippen LogP contribution < -0.4 is 24.3 Å². The van der Waals surface area contributed by atoms with Crippen LogP contribution >= 0.6 is 11.6 Å². The van der Waals surface area contributed by atoms with Gasteiger partial charge >= 0.3 is 5.97 Å². The van der Waals surface area contributed by atoms with Gasteiger partial charge < -0.3 is 29.0 Å². The lowest BCUT2D eigenvalue weighted by Gasteiger charge is -2.13. The molecule has 0 radical (unpaired) electrons. The molecule has 0 spiro atoms. The first-order valence-corrected chi connectivity index (χ1v) is 10.6. The normalized spacial score (nSPS) is 10.2. The van der Waals surface area contributed by atoms with Crippen molar-refractivity contribution in [2.24, 2.45) is 0 Å². The van der Waals surface area contributed by atoms with E-state index >= 15 is 0 Å². The standard InChI is InChI=1S/C25H24ClNO7/c1-30-18-9-11-21(31-2)20(13-18)27-24(28)15-34-25(29)16-8-10-22(23(12-16)32-3)33-14-17-6-4-5-7-19(17)26/h4-13H,14-15H2,1-3H3,(H,27,28). The minimum Gasteiger partial charge on any atom is -0.497 e. The fourth-order valence-corrected chi connectivity index (χ4v) is 3.19. The Balaban J connectivity index is 1.60. The Labute approximate surface area is 202 Å². The summed E-state index contributed by atoms with van der Waals surface area (Å²) in [7, 11) is 4.45. The van der Waals surface area contributed by atoms with Crippen LogP contribution in [0.3, 0.4) is 0 Å². The summed E-state index contributed by atoms with van der Waals surface area (Å²) in [5.74, 6) is 0.527. The van der Waals surface area contributed by atoms with E-state index in [1.807, 2.05) is 18.2 Å². The maximum Gasteiger partial charge on any atom is 0.338 e. The van der Waals surface area contributed by atoms with Crippen LogP contribution in [0.4, 0.5) is 5.69 Å². The van der Waals surface area contributed by atoms with E-state index < -0.39 is 18.5 Å². The number of esters is 1. The number of rotatable bonds is 10. The molecular formula is C25H24ClNO7. The lowest BCUT2D eigenvalue weighted by Crippen LogP contribution is -2.21. The van der Waals surface area contributed by atoms with Crippen LogP contribution in [0, 0.1) is 0 Å². The van der Waals surface area contributed by atoms with E-state index in [4.69, 9.17) is 35.3 Å². The summed E-state index contributed by atoms with van der Waals surface area (Å²) in [5.41, 5.74) is 1.41. The van der Waals surface area contributed by atoms with Gasteiger partial charge in [0, 0.05) is 16.7 Å². The molecule has 0 saturated heterocycles. The van der Waals surface area contributed by atoms with E-state index in [0.29, 0.717) is 33.7 Å². The number of anilines is 1. The maximum absolute atomic E-state index is 12.5. The lowest BCUT2D eigenvalue weighted by molar-refractivity contribution is -0.119. The lowest BCUT2D eigenvalue weighted by atomic mass is 10.2. The van der Waals surface area contributed by atoms with Gasteiger partial charge in [-0.25, -0.2) is 4.79 Å². The second kappa shape index (κ2) is 11.8. The zero-order valence-electron chi connectivity index (χ0n) is 18.9. The van der Waals surface area contributed by atoms with Crippen LogP contribution in [-0.2, 0) is 16.1 Å². The quantitative estimate of drug-likeness (QED) is 0.414. The first kappa shape index (κ1) is 24.7. The molecule has 0 aliphatic carbocycles. The predicted molar refractivity (Wildman–Crippen MR) is 127 cm³/mol. The molecule has 3 aromatic rings. The summed E-state index contributed by atoms with van der Waals surface area (Å²) >= 11 is 6.16. The number of carbonyl (C=O) groups excluding carboxylic acids is 2. The summed E-state index contributed by atoms with van der Waals surface area (Å²) in [6.07, 6.45) is 0. The van der Waals surface area contributed by atoms with Gasteiger partial charge in [-0.05, 0) is 36.4 Å². The second-order valence-electron chi connectivity index (χ2n) is 6.94. The predicted octanol–water partition coefficient (Wildman–Crippen LogP) is 4.74. The summed E-state index contributed by atoms with van der Waals surface area (Å²) in [6, 6.07) is 16.9. The molecule has 1 N–H and O–H groups in total. The van der Waals surface area contributed by atoms with Crippen molar-refractivity contribution in [3.05, 3.63) is 76.8 Å². The third kappa shape index (κ3) is 6.32. The smallest absolute Gasteiger partial charge is 0.338 e. The largest absolute Gasteiger partial charge is 0.497 e. The molecule has 9 heteroatoms. The molecule has 3 aromatic carbocycles. The van der Waals surface area contributed by atoms with Gasteiger partial charge in [-0.3, -0.25) is 4.79 Å². The molecule has 0 heterocycles. The van der Waals surface area contributed by atoms with E-state index in [-0.39, 0.29) is 12.2 Å². The third-order valence-corrected chi connectivity index (χ3v) is 5.12. The molecule has 0 unspecified atom stereocenters. The number of benzene rings is 3. The highest BCUT2D eigenvalue weighted by Gasteiger charge is 2.16. The highest BCUT2D eigenvalue weighted by molar-refractivity contribution is 6.31. The van der Waals surface area contributed by atoms with Gasteiger partial charge in [-0.15, -0.1) is 0 Å². The molecule has 0 aliphatic heterocycles. The van der Waals surface area contributed by atoms with Gasteiger partial charge in [0.05, 0.1) is 32.6 Å². The van der Waals surface area contributed by atoms with E-state index in [1.165, 1.54) is 33.5 Å². The Bertz CT molecular complexity index is 1170. The van der Waals surface area contributed by atoms with Crippen molar-refractivity contribution >= 4 is 29.2 Å². The average Bonchev–Trinajstić information content (AvgIpc) is 2.86. The summed E-state index contributed by atoms with van der Waals surface area (Å²) < 4.78 is 26.6. The zero-order valence-corrected chi connectivity index (χ0v) is 19.7. The number of amides is 1. The van der Waals surface area contributed by atoms with Crippen molar-refractivity contribution in [1.29, 1.82) is 0 Å². The topological polar surface area (TPSA) is 92.3 Å².